The Bertz CT molecular complexity index is 839. The summed E-state index contributed by atoms with van der Waals surface area (Å²) < 4.78 is 10.7. The molecule has 6 nitrogen and oxygen atoms in total. The van der Waals surface area contributed by atoms with E-state index in [9.17, 15) is 9.90 Å². The number of aliphatic carboxylic acids is 1. The standard InChI is InChI=1S/C23H30N2O4/c1-28-21-12-10-16(14-22(21)29-2)9-11-19(17-6-5-7-18(24)15-17)25-13-4-3-8-20(25)23(26)27/h5-7,10,12,14-15,19-20H,3-4,8-9,11,13,24H2,1-2H3,(H,26,27)/t19-,20+/m1/s1. The van der Waals surface area contributed by atoms with Crippen molar-refractivity contribution in [3.63, 3.8) is 0 Å². The smallest absolute Gasteiger partial charge is 0.320 e. The Balaban J connectivity index is 1.86. The third kappa shape index (κ3) is 5.01. The van der Waals surface area contributed by atoms with Crippen LogP contribution in [0.2, 0.25) is 0 Å². The molecule has 0 radical (unpaired) electrons. The Morgan fingerprint density at radius 2 is 1.97 bits per heavy atom. The summed E-state index contributed by atoms with van der Waals surface area (Å²) in [5.41, 5.74) is 8.92. The van der Waals surface area contributed by atoms with Crippen LogP contribution in [-0.2, 0) is 11.2 Å². The molecule has 1 aliphatic rings. The Morgan fingerprint density at radius 1 is 1.17 bits per heavy atom. The second kappa shape index (κ2) is 9.65. The third-order valence-electron chi connectivity index (χ3n) is 5.68. The molecule has 1 fully saturated rings. The number of benzene rings is 2. The first kappa shape index (κ1) is 21.0. The summed E-state index contributed by atoms with van der Waals surface area (Å²) in [5.74, 6) is 0.655. The number of ether oxygens (including phenoxy) is 2. The van der Waals surface area contributed by atoms with E-state index in [2.05, 4.69) is 4.90 Å². The number of rotatable bonds is 8. The van der Waals surface area contributed by atoms with Gasteiger partial charge in [0.05, 0.1) is 14.2 Å². The Kier molecular flexibility index (Phi) is 6.99. The van der Waals surface area contributed by atoms with Crippen LogP contribution in [0.15, 0.2) is 42.5 Å². The number of nitrogen functional groups attached to an aromatic ring is 1. The van der Waals surface area contributed by atoms with Crippen molar-refractivity contribution in [1.82, 2.24) is 4.90 Å². The van der Waals surface area contributed by atoms with Gasteiger partial charge in [0, 0.05) is 11.7 Å². The number of anilines is 1. The molecule has 3 N–H and O–H groups in total. The van der Waals surface area contributed by atoms with Crippen molar-refractivity contribution in [1.29, 1.82) is 0 Å². The first-order valence-corrected chi connectivity index (χ1v) is 10.1. The molecule has 2 aromatic carbocycles. The molecule has 1 heterocycles. The van der Waals surface area contributed by atoms with Crippen LogP contribution in [0.4, 0.5) is 5.69 Å². The molecule has 0 amide bonds. The van der Waals surface area contributed by atoms with Crippen LogP contribution >= 0.6 is 0 Å². The van der Waals surface area contributed by atoms with Crippen LogP contribution < -0.4 is 15.2 Å². The first-order valence-electron chi connectivity index (χ1n) is 10.1. The van der Waals surface area contributed by atoms with Gasteiger partial charge in [0.15, 0.2) is 11.5 Å². The molecule has 0 spiro atoms. The normalized spacial score (nSPS) is 18.2. The van der Waals surface area contributed by atoms with Crippen molar-refractivity contribution in [3.8, 4) is 11.5 Å². The average molecular weight is 399 g/mol. The van der Waals surface area contributed by atoms with E-state index in [0.717, 1.165) is 43.4 Å². The highest BCUT2D eigenvalue weighted by Crippen LogP contribution is 2.34. The number of piperidine rings is 1. The zero-order chi connectivity index (χ0) is 20.8. The minimum absolute atomic E-state index is 0.00648. The molecule has 0 saturated carbocycles. The highest BCUT2D eigenvalue weighted by Gasteiger charge is 2.34. The van der Waals surface area contributed by atoms with Crippen LogP contribution in [0, 0.1) is 0 Å². The van der Waals surface area contributed by atoms with Crippen molar-refractivity contribution in [2.75, 3.05) is 26.5 Å². The monoisotopic (exact) mass is 398 g/mol. The molecule has 6 heteroatoms. The second-order valence-electron chi connectivity index (χ2n) is 7.50. The van der Waals surface area contributed by atoms with Gasteiger partial charge in [-0.1, -0.05) is 24.6 Å². The molecule has 156 valence electrons. The van der Waals surface area contributed by atoms with E-state index in [-0.39, 0.29) is 6.04 Å². The van der Waals surface area contributed by atoms with Crippen LogP contribution in [0.1, 0.15) is 42.9 Å². The third-order valence-corrected chi connectivity index (χ3v) is 5.68. The topological polar surface area (TPSA) is 85.0 Å². The summed E-state index contributed by atoms with van der Waals surface area (Å²) >= 11 is 0. The number of likely N-dealkylation sites (tertiary alicyclic amines) is 1. The van der Waals surface area contributed by atoms with Gasteiger partial charge in [0.1, 0.15) is 6.04 Å². The molecule has 2 atom stereocenters. The van der Waals surface area contributed by atoms with E-state index in [0.29, 0.717) is 23.6 Å². The molecule has 1 aliphatic heterocycles. The van der Waals surface area contributed by atoms with Crippen molar-refractivity contribution in [2.24, 2.45) is 0 Å². The lowest BCUT2D eigenvalue weighted by molar-refractivity contribution is -0.146. The number of nitrogens with two attached hydrogens (primary N) is 1. The van der Waals surface area contributed by atoms with Gasteiger partial charge in [-0.25, -0.2) is 0 Å². The van der Waals surface area contributed by atoms with Gasteiger partial charge in [-0.3, -0.25) is 9.69 Å². The second-order valence-corrected chi connectivity index (χ2v) is 7.50. The maximum absolute atomic E-state index is 11.9. The maximum atomic E-state index is 11.9. The fraction of sp³-hybridized carbons (Fsp3) is 0.435. The molecule has 3 rings (SSSR count). The van der Waals surface area contributed by atoms with E-state index in [4.69, 9.17) is 15.2 Å². The average Bonchev–Trinajstić information content (AvgIpc) is 2.74. The number of methoxy groups -OCH3 is 2. The summed E-state index contributed by atoms with van der Waals surface area (Å²) in [6.45, 7) is 0.780. The minimum Gasteiger partial charge on any atom is -0.493 e. The summed E-state index contributed by atoms with van der Waals surface area (Å²) in [4.78, 5) is 14.0. The molecule has 2 aromatic rings. The minimum atomic E-state index is -0.746. The molecule has 0 aliphatic carbocycles. The quantitative estimate of drug-likeness (QED) is 0.656. The summed E-state index contributed by atoms with van der Waals surface area (Å²) in [6.07, 6.45) is 4.24. The number of carbonyl (C=O) groups is 1. The fourth-order valence-electron chi connectivity index (χ4n) is 4.22. The van der Waals surface area contributed by atoms with E-state index in [1.165, 1.54) is 0 Å². The van der Waals surface area contributed by atoms with Gasteiger partial charge in [-0.2, -0.15) is 0 Å². The van der Waals surface area contributed by atoms with Crippen LogP contribution in [-0.4, -0.2) is 42.8 Å². The first-order chi connectivity index (χ1) is 14.0. The van der Waals surface area contributed by atoms with Gasteiger partial charge < -0.3 is 20.3 Å². The molecule has 0 aromatic heterocycles. The number of carboxylic acids is 1. The summed E-state index contributed by atoms with van der Waals surface area (Å²) in [5, 5.41) is 9.77. The zero-order valence-corrected chi connectivity index (χ0v) is 17.1. The Hall–Kier alpha value is -2.73. The lowest BCUT2D eigenvalue weighted by Crippen LogP contribution is -2.46. The molecule has 0 bridgehead atoms. The number of hydrogen-bond acceptors (Lipinski definition) is 5. The summed E-state index contributed by atoms with van der Waals surface area (Å²) in [7, 11) is 3.25. The van der Waals surface area contributed by atoms with Crippen LogP contribution in [0.25, 0.3) is 0 Å². The zero-order valence-electron chi connectivity index (χ0n) is 17.1. The number of aryl methyl sites for hydroxylation is 1. The molecule has 1 saturated heterocycles. The number of carboxylic acid groups (broad SMARTS) is 1. The van der Waals surface area contributed by atoms with Crippen molar-refractivity contribution in [2.45, 2.75) is 44.2 Å². The van der Waals surface area contributed by atoms with Crippen molar-refractivity contribution in [3.05, 3.63) is 53.6 Å². The van der Waals surface area contributed by atoms with Crippen LogP contribution in [0.3, 0.4) is 0 Å². The summed E-state index contributed by atoms with van der Waals surface area (Å²) in [6, 6.07) is 13.3. The van der Waals surface area contributed by atoms with Gasteiger partial charge in [0.25, 0.3) is 0 Å². The molecular weight excluding hydrogens is 368 g/mol. The highest BCUT2D eigenvalue weighted by atomic mass is 16.5. The fourth-order valence-corrected chi connectivity index (χ4v) is 4.22. The lowest BCUT2D eigenvalue weighted by atomic mass is 9.92. The predicted octanol–water partition coefficient (Wildman–Crippen LogP) is 3.90. The SMILES string of the molecule is COc1ccc(CC[C@H](c2cccc(N)c2)N2CCCC[C@H]2C(=O)O)cc1OC. The Morgan fingerprint density at radius 3 is 2.66 bits per heavy atom. The molecule has 29 heavy (non-hydrogen) atoms. The largest absolute Gasteiger partial charge is 0.493 e. The maximum Gasteiger partial charge on any atom is 0.320 e. The van der Waals surface area contributed by atoms with Crippen molar-refractivity contribution < 1.29 is 19.4 Å². The van der Waals surface area contributed by atoms with E-state index in [1.54, 1.807) is 14.2 Å². The van der Waals surface area contributed by atoms with E-state index >= 15 is 0 Å². The predicted molar refractivity (Wildman–Crippen MR) is 113 cm³/mol. The molecule has 0 unspecified atom stereocenters. The van der Waals surface area contributed by atoms with Crippen LogP contribution in [0.5, 0.6) is 11.5 Å². The van der Waals surface area contributed by atoms with E-state index in [1.807, 2.05) is 42.5 Å². The van der Waals surface area contributed by atoms with Gasteiger partial charge in [0.2, 0.25) is 0 Å². The number of nitrogens with zero attached hydrogens (tertiary/aromatic N) is 1. The van der Waals surface area contributed by atoms with Gasteiger partial charge >= 0.3 is 5.97 Å². The highest BCUT2D eigenvalue weighted by molar-refractivity contribution is 5.73. The lowest BCUT2D eigenvalue weighted by Gasteiger charge is -2.39. The van der Waals surface area contributed by atoms with Gasteiger partial charge in [-0.15, -0.1) is 0 Å². The van der Waals surface area contributed by atoms with Gasteiger partial charge in [-0.05, 0) is 67.6 Å². The van der Waals surface area contributed by atoms with E-state index < -0.39 is 12.0 Å². The number of hydrogen-bond donors (Lipinski definition) is 2. The van der Waals surface area contributed by atoms with Crippen molar-refractivity contribution >= 4 is 11.7 Å². The molecular formula is C23H30N2O4. The Labute approximate surface area is 172 Å².